The molecule has 4 aromatic carbocycles. The highest BCUT2D eigenvalue weighted by Crippen LogP contribution is 2.45. The van der Waals surface area contributed by atoms with E-state index in [1.807, 2.05) is 48.5 Å². The predicted octanol–water partition coefficient (Wildman–Crippen LogP) is 12.0. The molecule has 48 heavy (non-hydrogen) atoms. The lowest BCUT2D eigenvalue weighted by molar-refractivity contribution is 0.0697. The van der Waals surface area contributed by atoms with Gasteiger partial charge in [0.05, 0.1) is 29.6 Å². The van der Waals surface area contributed by atoms with Crippen molar-refractivity contribution in [2.75, 3.05) is 7.11 Å². The van der Waals surface area contributed by atoms with E-state index < -0.39 is 5.97 Å². The molecule has 1 N–H and O–H groups in total. The number of rotatable bonds is 12. The van der Waals surface area contributed by atoms with Crippen LogP contribution in [0.25, 0.3) is 55.4 Å². The number of hydrogen-bond acceptors (Lipinski definition) is 3. The summed E-state index contributed by atoms with van der Waals surface area (Å²) in [6.45, 7) is 9.68. The van der Waals surface area contributed by atoms with Crippen LogP contribution in [0.1, 0.15) is 80.3 Å². The van der Waals surface area contributed by atoms with Crippen LogP contribution in [0, 0.1) is 6.92 Å². The van der Waals surface area contributed by atoms with Crippen molar-refractivity contribution in [1.29, 1.82) is 0 Å². The molecule has 2 heterocycles. The number of methoxy groups -OCH3 is 1. The van der Waals surface area contributed by atoms with Crippen LogP contribution in [0.2, 0.25) is 5.02 Å². The van der Waals surface area contributed by atoms with Crippen molar-refractivity contribution in [3.05, 3.63) is 107 Å². The lowest BCUT2D eigenvalue weighted by Gasteiger charge is -2.21. The molecule has 6 rings (SSSR count). The number of carboxylic acids is 1. The van der Waals surface area contributed by atoms with Crippen molar-refractivity contribution in [3.8, 4) is 39.4 Å². The molecule has 0 aliphatic heterocycles. The third kappa shape index (κ3) is 6.20. The van der Waals surface area contributed by atoms with Crippen molar-refractivity contribution in [1.82, 2.24) is 9.55 Å². The molecule has 0 saturated heterocycles. The summed E-state index contributed by atoms with van der Waals surface area (Å²) in [5.74, 6) is 0.246. The van der Waals surface area contributed by atoms with Gasteiger partial charge in [-0.15, -0.1) is 0 Å². The van der Waals surface area contributed by atoms with Crippen molar-refractivity contribution in [2.45, 2.75) is 72.3 Å². The summed E-state index contributed by atoms with van der Waals surface area (Å²) in [5.41, 5.74) is 11.1. The molecule has 0 aliphatic rings. The van der Waals surface area contributed by atoms with Crippen molar-refractivity contribution >= 4 is 39.4 Å². The zero-order valence-corrected chi connectivity index (χ0v) is 29.2. The number of nitrogens with zero attached hydrogens (tertiary/aromatic N) is 2. The molecule has 0 atom stereocenters. The van der Waals surface area contributed by atoms with E-state index in [1.165, 1.54) is 22.4 Å². The van der Waals surface area contributed by atoms with Gasteiger partial charge in [0.15, 0.2) is 0 Å². The molecule has 6 aromatic rings. The highest BCUT2D eigenvalue weighted by Gasteiger charge is 2.26. The second kappa shape index (κ2) is 14.2. The van der Waals surface area contributed by atoms with Gasteiger partial charge in [0.25, 0.3) is 0 Å². The van der Waals surface area contributed by atoms with Gasteiger partial charge in [0, 0.05) is 39.0 Å². The van der Waals surface area contributed by atoms with E-state index in [4.69, 9.17) is 21.3 Å². The maximum absolute atomic E-state index is 12.1. The Labute approximate surface area is 288 Å². The first-order valence-electron chi connectivity index (χ1n) is 17.0. The molecule has 0 aliphatic carbocycles. The van der Waals surface area contributed by atoms with Gasteiger partial charge in [0.2, 0.25) is 0 Å². The number of aryl methyl sites for hydroxylation is 2. The van der Waals surface area contributed by atoms with E-state index in [0.717, 1.165) is 88.6 Å². The fourth-order valence-corrected chi connectivity index (χ4v) is 7.43. The topological polar surface area (TPSA) is 64.4 Å². The zero-order valence-electron chi connectivity index (χ0n) is 28.4. The maximum Gasteiger partial charge on any atom is 0.335 e. The Bertz CT molecular complexity index is 2110. The highest BCUT2D eigenvalue weighted by molar-refractivity contribution is 6.30. The van der Waals surface area contributed by atoms with E-state index in [-0.39, 0.29) is 0 Å². The highest BCUT2D eigenvalue weighted by atomic mass is 35.5. The quantitative estimate of drug-likeness (QED) is 0.142. The lowest BCUT2D eigenvalue weighted by atomic mass is 9.85. The van der Waals surface area contributed by atoms with Crippen molar-refractivity contribution in [2.24, 2.45) is 0 Å². The fraction of sp³-hybridized carbons (Fsp3) is 0.286. The minimum absolute atomic E-state index is 0.320. The summed E-state index contributed by atoms with van der Waals surface area (Å²) in [7, 11) is 1.68. The van der Waals surface area contributed by atoms with Gasteiger partial charge in [-0.2, -0.15) is 0 Å². The number of benzene rings is 4. The largest absolute Gasteiger partial charge is 0.497 e. The van der Waals surface area contributed by atoms with Crippen LogP contribution in [-0.4, -0.2) is 27.7 Å². The van der Waals surface area contributed by atoms with Crippen LogP contribution in [0.15, 0.2) is 84.9 Å². The summed E-state index contributed by atoms with van der Waals surface area (Å²) < 4.78 is 7.99. The summed E-state index contributed by atoms with van der Waals surface area (Å²) >= 11 is 6.21. The Morgan fingerprint density at radius 2 is 1.54 bits per heavy atom. The number of aromatic carboxylic acids is 1. The molecular weight excluding hydrogens is 616 g/mol. The van der Waals surface area contributed by atoms with E-state index in [0.29, 0.717) is 16.5 Å². The molecule has 0 bridgehead atoms. The smallest absolute Gasteiger partial charge is 0.335 e. The summed E-state index contributed by atoms with van der Waals surface area (Å²) in [5, 5.41) is 12.9. The van der Waals surface area contributed by atoms with Crippen LogP contribution in [0.5, 0.6) is 5.75 Å². The van der Waals surface area contributed by atoms with E-state index >= 15 is 0 Å². The number of pyridine rings is 1. The first-order valence-corrected chi connectivity index (χ1v) is 17.4. The summed E-state index contributed by atoms with van der Waals surface area (Å²) in [6.07, 6.45) is 5.28. The number of ether oxygens (including phenoxy) is 1. The van der Waals surface area contributed by atoms with Crippen LogP contribution in [-0.2, 0) is 6.54 Å². The molecule has 2 aromatic heterocycles. The van der Waals surface area contributed by atoms with Gasteiger partial charge in [-0.1, -0.05) is 81.6 Å². The Morgan fingerprint density at radius 3 is 2.21 bits per heavy atom. The molecule has 5 nitrogen and oxygen atoms in total. The normalized spacial score (nSPS) is 11.6. The number of hydrogen-bond donors (Lipinski definition) is 1. The van der Waals surface area contributed by atoms with E-state index in [1.54, 1.807) is 13.2 Å². The Balaban J connectivity index is 1.57. The first-order chi connectivity index (χ1) is 23.3. The van der Waals surface area contributed by atoms with Gasteiger partial charge < -0.3 is 14.4 Å². The van der Waals surface area contributed by atoms with Gasteiger partial charge in [0.1, 0.15) is 5.75 Å². The van der Waals surface area contributed by atoms with Crippen molar-refractivity contribution in [3.63, 3.8) is 0 Å². The maximum atomic E-state index is 12.1. The van der Waals surface area contributed by atoms with E-state index in [9.17, 15) is 9.90 Å². The lowest BCUT2D eigenvalue weighted by Crippen LogP contribution is -2.05. The minimum atomic E-state index is -0.901. The summed E-state index contributed by atoms with van der Waals surface area (Å²) in [4.78, 5) is 17.3. The molecular formula is C42H43ClN2O3. The average Bonchev–Trinajstić information content (AvgIpc) is 3.41. The molecule has 0 radical (unpaired) electrons. The Kier molecular flexibility index (Phi) is 9.88. The molecule has 0 spiro atoms. The van der Waals surface area contributed by atoms with Crippen LogP contribution < -0.4 is 4.74 Å². The third-order valence-electron chi connectivity index (χ3n) is 9.53. The standard InChI is InChI=1S/C42H43ClN2O3/c1-6-9-28(10-7-2)40-35-17-13-29(42(46)47)24-39(35)45(23-8-3)41(40)33-20-22-37-32(26(33)4)19-21-38(44-37)36-25-31(48-5)16-18-34(36)27-11-14-30(43)15-12-27/h11-22,24-25,28H,6-10,23H2,1-5H3,(H,46,47). The monoisotopic (exact) mass is 658 g/mol. The average molecular weight is 659 g/mol. The SMILES string of the molecule is CCCC(CCC)c1c(-c2ccc3nc(-c4cc(OC)ccc4-c4ccc(Cl)cc4)ccc3c2C)n(CCC)c2cc(C(=O)O)ccc12. The number of carbonyl (C=O) groups is 1. The molecule has 0 unspecified atom stereocenters. The van der Waals surface area contributed by atoms with E-state index in [2.05, 4.69) is 62.6 Å². The Hall–Kier alpha value is -4.61. The van der Waals surface area contributed by atoms with Crippen LogP contribution in [0.3, 0.4) is 0 Å². The number of fused-ring (bicyclic) bond motifs is 2. The second-order valence-electron chi connectivity index (χ2n) is 12.6. The number of aromatic nitrogens is 2. The number of carboxylic acid groups (broad SMARTS) is 1. The number of halogens is 1. The van der Waals surface area contributed by atoms with Crippen molar-refractivity contribution < 1.29 is 14.6 Å². The first kappa shape index (κ1) is 33.3. The molecule has 0 amide bonds. The van der Waals surface area contributed by atoms with Gasteiger partial charge >= 0.3 is 5.97 Å². The van der Waals surface area contributed by atoms with Crippen LogP contribution >= 0.6 is 11.6 Å². The molecule has 0 fully saturated rings. The minimum Gasteiger partial charge on any atom is -0.497 e. The Morgan fingerprint density at radius 1 is 0.833 bits per heavy atom. The second-order valence-corrected chi connectivity index (χ2v) is 13.1. The molecule has 0 saturated carbocycles. The van der Waals surface area contributed by atoms with Crippen LogP contribution in [0.4, 0.5) is 0 Å². The zero-order chi connectivity index (χ0) is 33.9. The molecule has 6 heteroatoms. The van der Waals surface area contributed by atoms with Gasteiger partial charge in [-0.05, 0) is 103 Å². The van der Waals surface area contributed by atoms with Gasteiger partial charge in [-0.3, -0.25) is 0 Å². The fourth-order valence-electron chi connectivity index (χ4n) is 7.30. The third-order valence-corrected chi connectivity index (χ3v) is 9.79. The van der Waals surface area contributed by atoms with Gasteiger partial charge in [-0.25, -0.2) is 9.78 Å². The summed E-state index contributed by atoms with van der Waals surface area (Å²) in [6, 6.07) is 28.3. The predicted molar refractivity (Wildman–Crippen MR) is 200 cm³/mol. The molecule has 246 valence electrons.